The first-order valence-corrected chi connectivity index (χ1v) is 16.0. The Balaban J connectivity index is 1.25. The predicted molar refractivity (Wildman–Crippen MR) is 164 cm³/mol. The standard InChI is InChI=1S/C31H33N5O7S/c37-31(22-4-2-1-3-5-22)36(43-26-10-12-28-23(20-26)14-15-32-28)44(40,41)27-11-13-29(30(21-27)35(38)39)33-24-6-8-25(9-7-24)34-16-18-42-19-17-34/h1-5,10-15,20-21,24-25,32-33H,6-9,16-19H2. The van der Waals surface area contributed by atoms with E-state index in [1.807, 2.05) is 0 Å². The molecule has 6 rings (SSSR count). The number of nitro groups is 1. The molecule has 1 aliphatic heterocycles. The van der Waals surface area contributed by atoms with Crippen molar-refractivity contribution in [3.63, 3.8) is 0 Å². The molecule has 0 bridgehead atoms. The Morgan fingerprint density at radius 1 is 1.00 bits per heavy atom. The minimum Gasteiger partial charge on any atom is -0.379 e. The van der Waals surface area contributed by atoms with Crippen molar-refractivity contribution < 1.29 is 27.7 Å². The number of amides is 1. The highest BCUT2D eigenvalue weighted by Gasteiger charge is 2.35. The summed E-state index contributed by atoms with van der Waals surface area (Å²) in [6, 6.07) is 18.5. The summed E-state index contributed by atoms with van der Waals surface area (Å²) < 4.78 is 33.6. The molecule has 12 nitrogen and oxygen atoms in total. The first-order chi connectivity index (χ1) is 21.3. The van der Waals surface area contributed by atoms with E-state index < -0.39 is 31.4 Å². The fraction of sp³-hybridized carbons (Fsp3) is 0.323. The van der Waals surface area contributed by atoms with Crippen molar-refractivity contribution in [3.05, 3.63) is 94.7 Å². The Morgan fingerprint density at radius 2 is 1.75 bits per heavy atom. The quantitative estimate of drug-likeness (QED) is 0.196. The average Bonchev–Trinajstić information content (AvgIpc) is 3.52. The molecule has 44 heavy (non-hydrogen) atoms. The van der Waals surface area contributed by atoms with Gasteiger partial charge in [-0.25, -0.2) is 0 Å². The van der Waals surface area contributed by atoms with Gasteiger partial charge < -0.3 is 19.9 Å². The smallest absolute Gasteiger partial charge is 0.302 e. The van der Waals surface area contributed by atoms with E-state index in [2.05, 4.69) is 15.2 Å². The van der Waals surface area contributed by atoms with Crippen LogP contribution in [0.4, 0.5) is 11.4 Å². The zero-order chi connectivity index (χ0) is 30.7. The molecular weight excluding hydrogens is 586 g/mol. The number of sulfonamides is 1. The minimum atomic E-state index is -4.71. The number of fused-ring (bicyclic) bond motifs is 1. The lowest BCUT2D eigenvalue weighted by Crippen LogP contribution is -2.46. The zero-order valence-electron chi connectivity index (χ0n) is 23.9. The van der Waals surface area contributed by atoms with E-state index in [-0.39, 0.29) is 27.5 Å². The van der Waals surface area contributed by atoms with Gasteiger partial charge in [0.2, 0.25) is 0 Å². The maximum Gasteiger partial charge on any atom is 0.302 e. The molecule has 0 spiro atoms. The molecule has 0 unspecified atom stereocenters. The number of nitrogens with zero attached hydrogens (tertiary/aromatic N) is 3. The van der Waals surface area contributed by atoms with Crippen molar-refractivity contribution in [1.29, 1.82) is 0 Å². The Bertz CT molecular complexity index is 1750. The summed E-state index contributed by atoms with van der Waals surface area (Å²) in [6.07, 6.45) is 5.30. The molecule has 1 saturated heterocycles. The lowest BCUT2D eigenvalue weighted by molar-refractivity contribution is -0.384. The Kier molecular flexibility index (Phi) is 8.51. The van der Waals surface area contributed by atoms with Crippen LogP contribution in [0.3, 0.4) is 0 Å². The van der Waals surface area contributed by atoms with Gasteiger partial charge in [0.15, 0.2) is 5.75 Å². The van der Waals surface area contributed by atoms with Gasteiger partial charge >= 0.3 is 5.91 Å². The molecule has 2 heterocycles. The number of nitro benzene ring substituents is 1. The molecule has 4 aromatic rings. The number of rotatable bonds is 9. The maximum atomic E-state index is 13.9. The van der Waals surface area contributed by atoms with Crippen molar-refractivity contribution in [1.82, 2.24) is 14.4 Å². The van der Waals surface area contributed by atoms with Crippen molar-refractivity contribution >= 4 is 38.2 Å². The van der Waals surface area contributed by atoms with Crippen LogP contribution in [0.5, 0.6) is 5.75 Å². The van der Waals surface area contributed by atoms with Crippen LogP contribution in [-0.2, 0) is 14.8 Å². The van der Waals surface area contributed by atoms with E-state index in [9.17, 15) is 23.3 Å². The highest BCUT2D eigenvalue weighted by Crippen LogP contribution is 2.33. The number of hydroxylamine groups is 1. The second-order valence-corrected chi connectivity index (χ2v) is 12.7. The lowest BCUT2D eigenvalue weighted by atomic mass is 9.89. The molecule has 0 atom stereocenters. The normalized spacial score (nSPS) is 19.4. The molecule has 230 valence electrons. The van der Waals surface area contributed by atoms with Crippen molar-refractivity contribution in [2.75, 3.05) is 31.6 Å². The number of hydrogen-bond acceptors (Lipinski definition) is 9. The maximum absolute atomic E-state index is 13.9. The lowest BCUT2D eigenvalue weighted by Gasteiger charge is -2.39. The summed E-state index contributed by atoms with van der Waals surface area (Å²) in [7, 11) is -4.71. The number of morpholine rings is 1. The van der Waals surface area contributed by atoms with Crippen LogP contribution < -0.4 is 10.2 Å². The van der Waals surface area contributed by atoms with Gasteiger partial charge in [-0.1, -0.05) is 22.7 Å². The number of carbonyl (C=O) groups is 1. The number of anilines is 1. The largest absolute Gasteiger partial charge is 0.379 e. The number of aromatic amines is 1. The molecule has 0 radical (unpaired) electrons. The Morgan fingerprint density at radius 3 is 2.48 bits per heavy atom. The predicted octanol–water partition coefficient (Wildman–Crippen LogP) is 4.96. The molecule has 1 saturated carbocycles. The van der Waals surface area contributed by atoms with Crippen LogP contribution in [-0.4, -0.2) is 72.0 Å². The van der Waals surface area contributed by atoms with Gasteiger partial charge in [0.25, 0.3) is 15.7 Å². The highest BCUT2D eigenvalue weighted by molar-refractivity contribution is 7.89. The molecule has 2 N–H and O–H groups in total. The second-order valence-electron chi connectivity index (χ2n) is 11.0. The van der Waals surface area contributed by atoms with E-state index in [0.717, 1.165) is 69.0 Å². The molecule has 3 aromatic carbocycles. The van der Waals surface area contributed by atoms with Crippen LogP contribution in [0.2, 0.25) is 0 Å². The van der Waals surface area contributed by atoms with E-state index >= 15 is 0 Å². The number of H-pyrrole nitrogens is 1. The third kappa shape index (κ3) is 6.25. The monoisotopic (exact) mass is 619 g/mol. The van der Waals surface area contributed by atoms with Gasteiger partial charge in [0, 0.05) is 53.9 Å². The summed E-state index contributed by atoms with van der Waals surface area (Å²) in [5.74, 6) is -0.841. The van der Waals surface area contributed by atoms with Crippen LogP contribution in [0.25, 0.3) is 10.9 Å². The number of ether oxygens (including phenoxy) is 1. The topological polar surface area (TPSA) is 147 Å². The summed E-state index contributed by atoms with van der Waals surface area (Å²) in [4.78, 5) is 35.8. The molecular formula is C31H33N5O7S. The molecule has 2 fully saturated rings. The number of aromatic nitrogens is 1. The van der Waals surface area contributed by atoms with Crippen molar-refractivity contribution in [3.8, 4) is 5.75 Å². The van der Waals surface area contributed by atoms with Gasteiger partial charge in [-0.3, -0.25) is 19.8 Å². The number of benzene rings is 3. The summed E-state index contributed by atoms with van der Waals surface area (Å²) in [6.45, 7) is 3.30. The number of carbonyl (C=O) groups excluding carboxylic acids is 1. The second kappa shape index (κ2) is 12.6. The molecule has 13 heteroatoms. The summed E-state index contributed by atoms with van der Waals surface area (Å²) in [5.41, 5.74) is 0.694. The fourth-order valence-corrected chi connectivity index (χ4v) is 7.06. The van der Waals surface area contributed by atoms with Crippen molar-refractivity contribution in [2.45, 2.75) is 42.7 Å². The first-order valence-electron chi connectivity index (χ1n) is 14.6. The van der Waals surface area contributed by atoms with Crippen molar-refractivity contribution in [2.24, 2.45) is 0 Å². The van der Waals surface area contributed by atoms with Crippen LogP contribution >= 0.6 is 0 Å². The summed E-state index contributed by atoms with van der Waals surface area (Å²) in [5, 5.41) is 16.2. The Hall–Kier alpha value is -4.46. The highest BCUT2D eigenvalue weighted by atomic mass is 32.2. The molecule has 1 aromatic heterocycles. The van der Waals surface area contributed by atoms with E-state index in [1.165, 1.54) is 30.3 Å². The van der Waals surface area contributed by atoms with E-state index in [4.69, 9.17) is 9.57 Å². The minimum absolute atomic E-state index is 0.0105. The van der Waals surface area contributed by atoms with Crippen LogP contribution in [0.15, 0.2) is 83.9 Å². The molecule has 1 aliphatic carbocycles. The van der Waals surface area contributed by atoms with Crippen LogP contribution in [0.1, 0.15) is 36.0 Å². The zero-order valence-corrected chi connectivity index (χ0v) is 24.7. The van der Waals surface area contributed by atoms with E-state index in [0.29, 0.717) is 6.04 Å². The van der Waals surface area contributed by atoms with Gasteiger partial charge in [-0.15, -0.1) is 0 Å². The SMILES string of the molecule is O=C(c1ccccc1)N(Oc1ccc2[nH]ccc2c1)S(=O)(=O)c1ccc(NC2CCC(N3CCOCC3)CC2)c([N+](=O)[O-])c1. The van der Waals surface area contributed by atoms with Gasteiger partial charge in [0.05, 0.1) is 23.0 Å². The van der Waals surface area contributed by atoms with Gasteiger partial charge in [0.1, 0.15) is 5.69 Å². The fourth-order valence-electron chi connectivity index (χ4n) is 5.86. The first kappa shape index (κ1) is 29.6. The Labute approximate surface area is 254 Å². The molecule has 2 aliphatic rings. The number of nitrogens with one attached hydrogen (secondary N) is 2. The van der Waals surface area contributed by atoms with Gasteiger partial charge in [-0.05, 0) is 74.2 Å². The van der Waals surface area contributed by atoms with E-state index in [1.54, 1.807) is 42.6 Å². The third-order valence-electron chi connectivity index (χ3n) is 8.20. The van der Waals surface area contributed by atoms with Gasteiger partial charge in [-0.2, -0.15) is 8.42 Å². The average molecular weight is 620 g/mol. The van der Waals surface area contributed by atoms with Crippen LogP contribution in [0, 0.1) is 10.1 Å². The molecule has 1 amide bonds. The summed E-state index contributed by atoms with van der Waals surface area (Å²) >= 11 is 0. The number of hydrogen-bond donors (Lipinski definition) is 2. The third-order valence-corrected chi connectivity index (χ3v) is 9.73.